The first-order valence-corrected chi connectivity index (χ1v) is 8.10. The molecule has 3 rings (SSSR count). The first-order chi connectivity index (χ1) is 10.1. The molecule has 1 aromatic carbocycles. The topological polar surface area (TPSA) is 58.8 Å². The number of hydrogen-bond donors (Lipinski definition) is 1. The van der Waals surface area contributed by atoms with Crippen LogP contribution >= 0.6 is 15.9 Å². The Morgan fingerprint density at radius 3 is 2.76 bits per heavy atom. The van der Waals surface area contributed by atoms with Gasteiger partial charge in [0.1, 0.15) is 0 Å². The molecule has 1 atom stereocenters. The summed E-state index contributed by atoms with van der Waals surface area (Å²) < 4.78 is 6.16. The van der Waals surface area contributed by atoms with E-state index in [1.165, 1.54) is 0 Å². The number of nitrogen functional groups attached to an aromatic ring is 1. The minimum atomic E-state index is 0.0893. The number of amides is 1. The first-order valence-electron chi connectivity index (χ1n) is 7.31. The average molecular weight is 354 g/mol. The summed E-state index contributed by atoms with van der Waals surface area (Å²) in [5.41, 5.74) is 7.12. The van der Waals surface area contributed by atoms with Gasteiger partial charge in [-0.2, -0.15) is 0 Å². The van der Waals surface area contributed by atoms with E-state index in [-0.39, 0.29) is 5.91 Å². The van der Waals surface area contributed by atoms with E-state index < -0.39 is 0 Å². The molecular formula is C15H20BrN3O2. The Morgan fingerprint density at radius 1 is 1.29 bits per heavy atom. The van der Waals surface area contributed by atoms with Crippen LogP contribution in [-0.4, -0.2) is 61.1 Å². The Hall–Kier alpha value is -1.11. The number of likely N-dealkylation sites (tertiary alicyclic amines) is 1. The number of nitrogens with zero attached hydrogens (tertiary/aromatic N) is 2. The molecule has 5 nitrogen and oxygen atoms in total. The van der Waals surface area contributed by atoms with E-state index in [1.54, 1.807) is 18.2 Å². The van der Waals surface area contributed by atoms with Crippen LogP contribution in [0.15, 0.2) is 22.7 Å². The van der Waals surface area contributed by atoms with Crippen LogP contribution in [0.5, 0.6) is 0 Å². The highest BCUT2D eigenvalue weighted by Crippen LogP contribution is 2.23. The van der Waals surface area contributed by atoms with Crippen molar-refractivity contribution in [3.05, 3.63) is 28.2 Å². The standard InChI is InChI=1S/C15H20BrN3O2/c16-13-9-11(1-2-14(13)17)15(20)19-4-3-12(10-19)18-5-7-21-8-6-18/h1-2,9,12H,3-8,10,17H2. The number of halogens is 1. The van der Waals surface area contributed by atoms with Gasteiger partial charge in [0.25, 0.3) is 5.91 Å². The van der Waals surface area contributed by atoms with Gasteiger partial charge in [0.2, 0.25) is 0 Å². The Kier molecular flexibility index (Phi) is 4.47. The Morgan fingerprint density at radius 2 is 2.05 bits per heavy atom. The largest absolute Gasteiger partial charge is 0.398 e. The first kappa shape index (κ1) is 14.8. The van der Waals surface area contributed by atoms with E-state index >= 15 is 0 Å². The van der Waals surface area contributed by atoms with E-state index in [2.05, 4.69) is 20.8 Å². The smallest absolute Gasteiger partial charge is 0.253 e. The average Bonchev–Trinajstić information content (AvgIpc) is 3.00. The Balaban J connectivity index is 1.64. The predicted octanol–water partition coefficient (Wildman–Crippen LogP) is 1.58. The lowest BCUT2D eigenvalue weighted by Crippen LogP contribution is -2.45. The minimum Gasteiger partial charge on any atom is -0.398 e. The molecule has 0 saturated carbocycles. The second-order valence-electron chi connectivity index (χ2n) is 5.58. The van der Waals surface area contributed by atoms with Crippen molar-refractivity contribution in [3.8, 4) is 0 Å². The predicted molar refractivity (Wildman–Crippen MR) is 85.3 cm³/mol. The van der Waals surface area contributed by atoms with Crippen molar-refractivity contribution < 1.29 is 9.53 Å². The number of hydrogen-bond acceptors (Lipinski definition) is 4. The molecule has 0 bridgehead atoms. The van der Waals surface area contributed by atoms with Crippen LogP contribution in [-0.2, 0) is 4.74 Å². The number of anilines is 1. The molecule has 0 spiro atoms. The fourth-order valence-electron chi connectivity index (χ4n) is 3.01. The lowest BCUT2D eigenvalue weighted by molar-refractivity contribution is 0.0185. The number of carbonyl (C=O) groups is 1. The molecule has 21 heavy (non-hydrogen) atoms. The highest BCUT2D eigenvalue weighted by molar-refractivity contribution is 9.10. The number of morpholine rings is 1. The third kappa shape index (κ3) is 3.22. The summed E-state index contributed by atoms with van der Waals surface area (Å²) in [4.78, 5) is 16.9. The summed E-state index contributed by atoms with van der Waals surface area (Å²) in [6, 6.07) is 5.84. The van der Waals surface area contributed by atoms with E-state index in [4.69, 9.17) is 10.5 Å². The van der Waals surface area contributed by atoms with Gasteiger partial charge in [0.15, 0.2) is 0 Å². The molecule has 0 radical (unpaired) electrons. The van der Waals surface area contributed by atoms with Gasteiger partial charge in [-0.3, -0.25) is 9.69 Å². The van der Waals surface area contributed by atoms with Gasteiger partial charge in [-0.25, -0.2) is 0 Å². The number of carbonyl (C=O) groups excluding carboxylic acids is 1. The van der Waals surface area contributed by atoms with Crippen LogP contribution in [0.4, 0.5) is 5.69 Å². The lowest BCUT2D eigenvalue weighted by atomic mass is 10.2. The normalized spacial score (nSPS) is 23.5. The highest BCUT2D eigenvalue weighted by Gasteiger charge is 2.31. The van der Waals surface area contributed by atoms with Crippen molar-refractivity contribution in [1.29, 1.82) is 0 Å². The van der Waals surface area contributed by atoms with Gasteiger partial charge in [0.05, 0.1) is 13.2 Å². The maximum absolute atomic E-state index is 12.6. The van der Waals surface area contributed by atoms with Gasteiger partial charge in [0, 0.05) is 47.9 Å². The zero-order valence-corrected chi connectivity index (χ0v) is 13.5. The Bertz CT molecular complexity index is 532. The van der Waals surface area contributed by atoms with Gasteiger partial charge >= 0.3 is 0 Å². The van der Waals surface area contributed by atoms with Crippen LogP contribution in [0, 0.1) is 0 Å². The molecule has 1 unspecified atom stereocenters. The van der Waals surface area contributed by atoms with E-state index in [0.29, 0.717) is 17.3 Å². The summed E-state index contributed by atoms with van der Waals surface area (Å²) in [7, 11) is 0. The molecule has 2 aliphatic rings. The molecule has 1 aromatic rings. The zero-order chi connectivity index (χ0) is 14.8. The Labute approximate surface area is 133 Å². The van der Waals surface area contributed by atoms with Gasteiger partial charge in [-0.05, 0) is 40.5 Å². The second kappa shape index (κ2) is 6.34. The molecule has 2 fully saturated rings. The van der Waals surface area contributed by atoms with Gasteiger partial charge in [-0.15, -0.1) is 0 Å². The van der Waals surface area contributed by atoms with E-state index in [1.807, 2.05) is 4.90 Å². The van der Waals surface area contributed by atoms with E-state index in [0.717, 1.165) is 50.3 Å². The molecule has 114 valence electrons. The zero-order valence-electron chi connectivity index (χ0n) is 11.9. The molecule has 2 saturated heterocycles. The van der Waals surface area contributed by atoms with Crippen molar-refractivity contribution in [1.82, 2.24) is 9.80 Å². The van der Waals surface area contributed by atoms with Crippen LogP contribution in [0.1, 0.15) is 16.8 Å². The highest BCUT2D eigenvalue weighted by atomic mass is 79.9. The number of benzene rings is 1. The lowest BCUT2D eigenvalue weighted by Gasteiger charge is -2.32. The molecule has 0 aromatic heterocycles. The molecule has 2 heterocycles. The monoisotopic (exact) mass is 353 g/mol. The summed E-state index contributed by atoms with van der Waals surface area (Å²) in [5, 5.41) is 0. The van der Waals surface area contributed by atoms with Crippen molar-refractivity contribution in [2.75, 3.05) is 45.1 Å². The quantitative estimate of drug-likeness (QED) is 0.820. The van der Waals surface area contributed by atoms with Crippen LogP contribution in [0.3, 0.4) is 0 Å². The summed E-state index contributed by atoms with van der Waals surface area (Å²) >= 11 is 3.38. The third-order valence-electron chi connectivity index (χ3n) is 4.26. The molecule has 1 amide bonds. The van der Waals surface area contributed by atoms with Gasteiger partial charge in [-0.1, -0.05) is 0 Å². The maximum Gasteiger partial charge on any atom is 0.253 e. The van der Waals surface area contributed by atoms with Crippen molar-refractivity contribution in [3.63, 3.8) is 0 Å². The second-order valence-corrected chi connectivity index (χ2v) is 6.43. The molecule has 2 aliphatic heterocycles. The number of nitrogens with two attached hydrogens (primary N) is 1. The minimum absolute atomic E-state index is 0.0893. The van der Waals surface area contributed by atoms with E-state index in [9.17, 15) is 4.79 Å². The molecule has 0 aliphatic carbocycles. The number of rotatable bonds is 2. The van der Waals surface area contributed by atoms with Crippen LogP contribution in [0.2, 0.25) is 0 Å². The number of ether oxygens (including phenoxy) is 1. The maximum atomic E-state index is 12.6. The molecular weight excluding hydrogens is 334 g/mol. The van der Waals surface area contributed by atoms with Gasteiger partial charge < -0.3 is 15.4 Å². The summed E-state index contributed by atoms with van der Waals surface area (Å²) in [6.45, 7) is 5.18. The fraction of sp³-hybridized carbons (Fsp3) is 0.533. The van der Waals surface area contributed by atoms with Crippen LogP contribution in [0.25, 0.3) is 0 Å². The summed E-state index contributed by atoms with van der Waals surface area (Å²) in [5.74, 6) is 0.0893. The van der Waals surface area contributed by atoms with Crippen molar-refractivity contribution in [2.24, 2.45) is 0 Å². The van der Waals surface area contributed by atoms with Crippen molar-refractivity contribution in [2.45, 2.75) is 12.5 Å². The summed E-state index contributed by atoms with van der Waals surface area (Å²) in [6.07, 6.45) is 1.04. The SMILES string of the molecule is Nc1ccc(C(=O)N2CCC(N3CCOCC3)C2)cc1Br. The molecule has 6 heteroatoms. The molecule has 2 N–H and O–H groups in total. The fourth-order valence-corrected chi connectivity index (χ4v) is 3.39. The third-order valence-corrected chi connectivity index (χ3v) is 4.95. The van der Waals surface area contributed by atoms with Crippen LogP contribution < -0.4 is 5.73 Å². The van der Waals surface area contributed by atoms with Crippen molar-refractivity contribution >= 4 is 27.5 Å².